The van der Waals surface area contributed by atoms with Crippen LogP contribution in [0, 0.1) is 5.92 Å². The number of aromatic nitrogens is 4. The number of hydrogen-bond acceptors (Lipinski definition) is 7. The maximum absolute atomic E-state index is 10.9. The van der Waals surface area contributed by atoms with E-state index in [-0.39, 0.29) is 12.0 Å². The lowest BCUT2D eigenvalue weighted by atomic mass is 9.95. The second-order valence-corrected chi connectivity index (χ2v) is 10.4. The van der Waals surface area contributed by atoms with Crippen molar-refractivity contribution >= 4 is 45.2 Å². The highest BCUT2D eigenvalue weighted by atomic mass is 35.5. The fourth-order valence-electron chi connectivity index (χ4n) is 5.48. The third-order valence-electron chi connectivity index (χ3n) is 7.62. The highest BCUT2D eigenvalue weighted by Gasteiger charge is 2.42. The van der Waals surface area contributed by atoms with E-state index in [9.17, 15) is 10.2 Å². The number of nitrogens with zero attached hydrogens (tertiary/aromatic N) is 4. The Bertz CT molecular complexity index is 1590. The number of nitrogen functional groups attached to an aromatic ring is 1. The lowest BCUT2D eigenvalue weighted by Crippen LogP contribution is -2.29. The number of aryl methyl sites for hydroxylation is 1. The predicted octanol–water partition coefficient (Wildman–Crippen LogP) is 4.74. The minimum atomic E-state index is -0.876. The number of fused-ring (bicyclic) bond motifs is 2. The normalized spacial score (nSPS) is 21.3. The van der Waals surface area contributed by atoms with Gasteiger partial charge in [0.15, 0.2) is 0 Å². The molecule has 5 N–H and O–H groups in total. The summed E-state index contributed by atoms with van der Waals surface area (Å²) < 4.78 is 1.92. The van der Waals surface area contributed by atoms with Crippen molar-refractivity contribution in [2.75, 3.05) is 11.1 Å². The smallest absolute Gasteiger partial charge is 0.145 e. The molecule has 2 aromatic carbocycles. The molecule has 1 fully saturated rings. The van der Waals surface area contributed by atoms with Gasteiger partial charge in [-0.1, -0.05) is 35.9 Å². The van der Waals surface area contributed by atoms with Crippen molar-refractivity contribution in [2.45, 2.75) is 44.1 Å². The maximum atomic E-state index is 10.9. The van der Waals surface area contributed by atoms with Crippen LogP contribution in [0.25, 0.3) is 21.9 Å². The zero-order valence-electron chi connectivity index (χ0n) is 20.7. The lowest BCUT2D eigenvalue weighted by molar-refractivity contribution is 0.00545. The number of nitrogens with two attached hydrogens (primary N) is 1. The van der Waals surface area contributed by atoms with Crippen LogP contribution in [0.2, 0.25) is 5.02 Å². The number of nitrogens with one attached hydrogen (secondary N) is 1. The molecular weight excluding hydrogens is 500 g/mol. The Kier molecular flexibility index (Phi) is 6.61. The Labute approximate surface area is 225 Å². The van der Waals surface area contributed by atoms with Crippen molar-refractivity contribution in [3.05, 3.63) is 89.3 Å². The Morgan fingerprint density at radius 1 is 0.974 bits per heavy atom. The van der Waals surface area contributed by atoms with E-state index >= 15 is 0 Å². The molecule has 0 spiro atoms. The van der Waals surface area contributed by atoms with Gasteiger partial charge in [0.2, 0.25) is 0 Å². The molecule has 3 aromatic heterocycles. The first kappa shape index (κ1) is 24.6. The number of benzene rings is 2. The quantitative estimate of drug-likeness (QED) is 0.240. The molecule has 1 saturated carbocycles. The summed E-state index contributed by atoms with van der Waals surface area (Å²) in [6, 6.07) is 19.7. The van der Waals surface area contributed by atoms with Gasteiger partial charge in [-0.15, -0.1) is 0 Å². The van der Waals surface area contributed by atoms with Gasteiger partial charge in [-0.05, 0) is 72.7 Å². The van der Waals surface area contributed by atoms with Gasteiger partial charge in [0.05, 0.1) is 23.0 Å². The van der Waals surface area contributed by atoms with E-state index in [0.717, 1.165) is 51.1 Å². The number of halogens is 1. The first-order chi connectivity index (χ1) is 18.5. The SMILES string of the molecule is Nc1ncnc2c1ccn2[C@@H]1C[C@H](CCc2ccc3ccc(NCc4ccc(Cl)cc4)nc3c2)[C@@H](O)[C@H]1O. The number of pyridine rings is 1. The standard InChI is InChI=1S/C29H29ClN6O2/c30-21-8-3-18(4-9-21)15-32-25-10-7-19-5-1-17(13-23(19)35-25)2-6-20-14-24(27(38)26(20)37)36-12-11-22-28(31)33-16-34-29(22)36/h1,3-5,7-13,16,20,24,26-27,37-38H,2,6,14-15H2,(H,32,35)(H2,31,33,34)/t20-,24+,26+,27-/m0/s1. The summed E-state index contributed by atoms with van der Waals surface area (Å²) in [7, 11) is 0. The van der Waals surface area contributed by atoms with Gasteiger partial charge < -0.3 is 25.8 Å². The molecule has 0 amide bonds. The molecule has 3 heterocycles. The monoisotopic (exact) mass is 528 g/mol. The summed E-state index contributed by atoms with van der Waals surface area (Å²) >= 11 is 5.98. The van der Waals surface area contributed by atoms with Crippen LogP contribution in [-0.4, -0.2) is 41.9 Å². The number of anilines is 2. The summed E-state index contributed by atoms with van der Waals surface area (Å²) in [5, 5.41) is 27.7. The summed E-state index contributed by atoms with van der Waals surface area (Å²) in [4.78, 5) is 13.2. The number of rotatable bonds is 7. The van der Waals surface area contributed by atoms with Gasteiger partial charge in [-0.2, -0.15) is 0 Å². The summed E-state index contributed by atoms with van der Waals surface area (Å²) in [6.45, 7) is 0.660. The molecule has 4 atom stereocenters. The van der Waals surface area contributed by atoms with Crippen LogP contribution in [0.5, 0.6) is 0 Å². The van der Waals surface area contributed by atoms with Crippen LogP contribution in [0.15, 0.2) is 73.2 Å². The van der Waals surface area contributed by atoms with Crippen LogP contribution in [0.1, 0.15) is 30.0 Å². The molecule has 5 aromatic rings. The lowest BCUT2D eigenvalue weighted by Gasteiger charge is -2.19. The molecule has 1 aliphatic carbocycles. The third kappa shape index (κ3) is 4.78. The average Bonchev–Trinajstić information content (AvgIpc) is 3.48. The van der Waals surface area contributed by atoms with E-state index in [1.54, 1.807) is 0 Å². The minimum absolute atomic E-state index is 0.0392. The highest BCUT2D eigenvalue weighted by molar-refractivity contribution is 6.30. The molecule has 0 radical (unpaired) electrons. The second-order valence-electron chi connectivity index (χ2n) is 10.0. The Hall–Kier alpha value is -3.72. The van der Waals surface area contributed by atoms with Crippen molar-refractivity contribution in [1.29, 1.82) is 0 Å². The topological polar surface area (TPSA) is 122 Å². The molecule has 0 unspecified atom stereocenters. The molecule has 194 valence electrons. The van der Waals surface area contributed by atoms with Crippen molar-refractivity contribution in [1.82, 2.24) is 19.5 Å². The van der Waals surface area contributed by atoms with E-state index in [1.807, 2.05) is 47.2 Å². The highest BCUT2D eigenvalue weighted by Crippen LogP contribution is 2.39. The summed E-state index contributed by atoms with van der Waals surface area (Å²) in [6.07, 6.45) is 3.80. The third-order valence-corrected chi connectivity index (χ3v) is 7.87. The van der Waals surface area contributed by atoms with Crippen LogP contribution in [0.3, 0.4) is 0 Å². The van der Waals surface area contributed by atoms with Crippen molar-refractivity contribution in [2.24, 2.45) is 5.92 Å². The van der Waals surface area contributed by atoms with Gasteiger partial charge in [-0.3, -0.25) is 0 Å². The molecule has 6 rings (SSSR count). The van der Waals surface area contributed by atoms with Crippen molar-refractivity contribution < 1.29 is 10.2 Å². The van der Waals surface area contributed by atoms with Gasteiger partial charge >= 0.3 is 0 Å². The molecule has 0 bridgehead atoms. The summed E-state index contributed by atoms with van der Waals surface area (Å²) in [5.41, 5.74) is 9.85. The first-order valence-electron chi connectivity index (χ1n) is 12.8. The number of hydrogen-bond donors (Lipinski definition) is 4. The maximum Gasteiger partial charge on any atom is 0.145 e. The van der Waals surface area contributed by atoms with Crippen LogP contribution >= 0.6 is 11.6 Å². The molecule has 0 aliphatic heterocycles. The van der Waals surface area contributed by atoms with Crippen molar-refractivity contribution in [3.63, 3.8) is 0 Å². The van der Waals surface area contributed by atoms with Gasteiger partial charge in [0.1, 0.15) is 29.7 Å². The van der Waals surface area contributed by atoms with E-state index in [2.05, 4.69) is 39.6 Å². The number of aliphatic hydroxyl groups is 2. The Morgan fingerprint density at radius 2 is 1.76 bits per heavy atom. The fourth-order valence-corrected chi connectivity index (χ4v) is 5.61. The molecule has 1 aliphatic rings. The van der Waals surface area contributed by atoms with Gasteiger partial charge in [0, 0.05) is 23.2 Å². The fraction of sp³-hybridized carbons (Fsp3) is 0.276. The van der Waals surface area contributed by atoms with E-state index in [1.165, 1.54) is 6.33 Å². The molecule has 0 saturated heterocycles. The minimum Gasteiger partial charge on any atom is -0.390 e. The van der Waals surface area contributed by atoms with Gasteiger partial charge in [0.25, 0.3) is 0 Å². The average molecular weight is 529 g/mol. The number of aliphatic hydroxyl groups excluding tert-OH is 2. The Balaban J connectivity index is 1.13. The van der Waals surface area contributed by atoms with Crippen LogP contribution in [0.4, 0.5) is 11.6 Å². The van der Waals surface area contributed by atoms with Crippen LogP contribution < -0.4 is 11.1 Å². The van der Waals surface area contributed by atoms with E-state index < -0.39 is 12.2 Å². The van der Waals surface area contributed by atoms with Crippen LogP contribution in [-0.2, 0) is 13.0 Å². The molecule has 8 nitrogen and oxygen atoms in total. The van der Waals surface area contributed by atoms with Crippen molar-refractivity contribution in [3.8, 4) is 0 Å². The zero-order valence-corrected chi connectivity index (χ0v) is 21.5. The van der Waals surface area contributed by atoms with E-state index in [4.69, 9.17) is 22.3 Å². The molecule has 38 heavy (non-hydrogen) atoms. The van der Waals surface area contributed by atoms with Gasteiger partial charge in [-0.25, -0.2) is 15.0 Å². The molecular formula is C29H29ClN6O2. The summed E-state index contributed by atoms with van der Waals surface area (Å²) in [5.74, 6) is 1.18. The largest absolute Gasteiger partial charge is 0.390 e. The van der Waals surface area contributed by atoms with E-state index in [0.29, 0.717) is 24.4 Å². The molecule has 9 heteroatoms. The zero-order chi connectivity index (χ0) is 26.2. The predicted molar refractivity (Wildman–Crippen MR) is 150 cm³/mol. The Morgan fingerprint density at radius 3 is 2.61 bits per heavy atom. The second kappa shape index (κ2) is 10.2. The first-order valence-corrected chi connectivity index (χ1v) is 13.2.